The van der Waals surface area contributed by atoms with Crippen LogP contribution in [0.5, 0.6) is 0 Å². The highest BCUT2D eigenvalue weighted by Gasteiger charge is 2.15. The van der Waals surface area contributed by atoms with Crippen molar-refractivity contribution in [3.05, 3.63) is 41.6 Å². The van der Waals surface area contributed by atoms with Gasteiger partial charge in [-0.25, -0.2) is 13.5 Å². The fourth-order valence-electron chi connectivity index (χ4n) is 1.32. The molecule has 6 heteroatoms. The molecule has 2 rings (SSSR count). The van der Waals surface area contributed by atoms with E-state index in [0.29, 0.717) is 0 Å². The quantitative estimate of drug-likeness (QED) is 0.793. The molecule has 0 saturated carbocycles. The standard InChI is InChI=1S/C10H6F2N4/c11-7-2-1-3-8(12)10(7)16-9(14)4-6(5-13)15-16/h1-4H,14H2. The third kappa shape index (κ3) is 1.48. The Morgan fingerprint density at radius 3 is 2.44 bits per heavy atom. The summed E-state index contributed by atoms with van der Waals surface area (Å²) in [4.78, 5) is 0. The normalized spacial score (nSPS) is 10.1. The zero-order valence-corrected chi connectivity index (χ0v) is 7.98. The van der Waals surface area contributed by atoms with Crippen molar-refractivity contribution in [1.82, 2.24) is 9.78 Å². The predicted molar refractivity (Wildman–Crippen MR) is 52.6 cm³/mol. The van der Waals surface area contributed by atoms with Gasteiger partial charge < -0.3 is 5.73 Å². The van der Waals surface area contributed by atoms with E-state index < -0.39 is 11.6 Å². The second-order valence-electron chi connectivity index (χ2n) is 3.05. The molecule has 2 N–H and O–H groups in total. The number of rotatable bonds is 1. The SMILES string of the molecule is N#Cc1cc(N)n(-c2c(F)cccc2F)n1. The molecule has 0 amide bonds. The Labute approximate surface area is 89.5 Å². The number of anilines is 1. The monoisotopic (exact) mass is 220 g/mol. The molecule has 2 aromatic rings. The first-order valence-electron chi connectivity index (χ1n) is 4.33. The summed E-state index contributed by atoms with van der Waals surface area (Å²) in [6, 6.07) is 6.39. The number of aromatic nitrogens is 2. The molecule has 1 aromatic carbocycles. The molecule has 0 spiro atoms. The molecule has 0 aliphatic carbocycles. The van der Waals surface area contributed by atoms with Crippen molar-refractivity contribution >= 4 is 5.82 Å². The molecule has 0 bridgehead atoms. The van der Waals surface area contributed by atoms with E-state index in [9.17, 15) is 8.78 Å². The third-order valence-electron chi connectivity index (χ3n) is 2.00. The lowest BCUT2D eigenvalue weighted by atomic mass is 10.3. The Morgan fingerprint density at radius 1 is 1.31 bits per heavy atom. The number of benzene rings is 1. The van der Waals surface area contributed by atoms with Crippen LogP contribution in [0.15, 0.2) is 24.3 Å². The van der Waals surface area contributed by atoms with E-state index in [1.54, 1.807) is 6.07 Å². The smallest absolute Gasteiger partial charge is 0.165 e. The van der Waals surface area contributed by atoms with E-state index in [1.807, 2.05) is 0 Å². The summed E-state index contributed by atoms with van der Waals surface area (Å²) < 4.78 is 27.6. The van der Waals surface area contributed by atoms with Crippen molar-refractivity contribution in [2.75, 3.05) is 5.73 Å². The number of nitriles is 1. The maximum Gasteiger partial charge on any atom is 0.165 e. The molecule has 0 aliphatic heterocycles. The summed E-state index contributed by atoms with van der Waals surface area (Å²) in [7, 11) is 0. The van der Waals surface area contributed by atoms with E-state index in [0.717, 1.165) is 16.8 Å². The van der Waals surface area contributed by atoms with Crippen LogP contribution in [0.25, 0.3) is 5.69 Å². The van der Waals surface area contributed by atoms with Crippen LogP contribution in [0, 0.1) is 23.0 Å². The first-order chi connectivity index (χ1) is 7.63. The van der Waals surface area contributed by atoms with Gasteiger partial charge in [0, 0.05) is 6.07 Å². The maximum atomic E-state index is 13.4. The minimum absolute atomic E-state index is 0.000142. The molecular weight excluding hydrogens is 214 g/mol. The molecule has 1 heterocycles. The first kappa shape index (κ1) is 10.1. The summed E-state index contributed by atoms with van der Waals surface area (Å²) in [6.07, 6.45) is 0. The highest BCUT2D eigenvalue weighted by atomic mass is 19.1. The van der Waals surface area contributed by atoms with Crippen LogP contribution in [-0.2, 0) is 0 Å². The fourth-order valence-corrected chi connectivity index (χ4v) is 1.32. The molecule has 0 aliphatic rings. The fraction of sp³-hybridized carbons (Fsp3) is 0. The van der Waals surface area contributed by atoms with Gasteiger partial charge in [0.2, 0.25) is 0 Å². The molecule has 16 heavy (non-hydrogen) atoms. The van der Waals surface area contributed by atoms with Gasteiger partial charge in [-0.1, -0.05) is 6.07 Å². The van der Waals surface area contributed by atoms with Crippen LogP contribution in [0.4, 0.5) is 14.6 Å². The molecule has 0 radical (unpaired) electrons. The van der Waals surface area contributed by atoms with Crippen molar-refractivity contribution in [3.63, 3.8) is 0 Å². The second kappa shape index (κ2) is 3.62. The first-order valence-corrected chi connectivity index (χ1v) is 4.33. The molecule has 80 valence electrons. The number of halogens is 2. The van der Waals surface area contributed by atoms with Gasteiger partial charge in [0.15, 0.2) is 17.3 Å². The van der Waals surface area contributed by atoms with Crippen LogP contribution in [0.2, 0.25) is 0 Å². The minimum atomic E-state index is -0.792. The Balaban J connectivity index is 2.68. The molecule has 0 saturated heterocycles. The summed E-state index contributed by atoms with van der Waals surface area (Å²) in [5.41, 5.74) is 5.12. The number of hydrogen-bond acceptors (Lipinski definition) is 3. The second-order valence-corrected chi connectivity index (χ2v) is 3.05. The van der Waals surface area contributed by atoms with Crippen LogP contribution >= 0.6 is 0 Å². The van der Waals surface area contributed by atoms with Gasteiger partial charge in [-0.3, -0.25) is 0 Å². The summed E-state index contributed by atoms with van der Waals surface area (Å²) >= 11 is 0. The van der Waals surface area contributed by atoms with Crippen LogP contribution in [0.3, 0.4) is 0 Å². The zero-order chi connectivity index (χ0) is 11.7. The molecule has 0 atom stereocenters. The van der Waals surface area contributed by atoms with E-state index >= 15 is 0 Å². The topological polar surface area (TPSA) is 67.6 Å². The highest BCUT2D eigenvalue weighted by Crippen LogP contribution is 2.20. The van der Waals surface area contributed by atoms with E-state index in [1.165, 1.54) is 12.1 Å². The molecule has 4 nitrogen and oxygen atoms in total. The van der Waals surface area contributed by atoms with E-state index in [-0.39, 0.29) is 17.2 Å². The average molecular weight is 220 g/mol. The lowest BCUT2D eigenvalue weighted by molar-refractivity contribution is 0.561. The van der Waals surface area contributed by atoms with Gasteiger partial charge >= 0.3 is 0 Å². The summed E-state index contributed by atoms with van der Waals surface area (Å²) in [5, 5.41) is 12.3. The van der Waals surface area contributed by atoms with Crippen LogP contribution in [-0.4, -0.2) is 9.78 Å². The highest BCUT2D eigenvalue weighted by molar-refractivity contribution is 5.46. The van der Waals surface area contributed by atoms with Gasteiger partial charge in [-0.2, -0.15) is 10.4 Å². The van der Waals surface area contributed by atoms with E-state index in [4.69, 9.17) is 11.0 Å². The number of nitrogen functional groups attached to an aromatic ring is 1. The van der Waals surface area contributed by atoms with Gasteiger partial charge in [0.25, 0.3) is 0 Å². The lowest BCUT2D eigenvalue weighted by Gasteiger charge is -2.05. The lowest BCUT2D eigenvalue weighted by Crippen LogP contribution is -2.06. The number of nitrogens with two attached hydrogens (primary N) is 1. The number of nitrogens with zero attached hydrogens (tertiary/aromatic N) is 3. The van der Waals surface area contributed by atoms with Crippen LogP contribution < -0.4 is 5.73 Å². The maximum absolute atomic E-state index is 13.4. The van der Waals surface area contributed by atoms with Crippen molar-refractivity contribution in [2.45, 2.75) is 0 Å². The van der Waals surface area contributed by atoms with Crippen molar-refractivity contribution in [2.24, 2.45) is 0 Å². The average Bonchev–Trinajstić information content (AvgIpc) is 2.60. The molecule has 0 fully saturated rings. The number of hydrogen-bond donors (Lipinski definition) is 1. The minimum Gasteiger partial charge on any atom is -0.384 e. The van der Waals surface area contributed by atoms with Crippen molar-refractivity contribution in [1.29, 1.82) is 5.26 Å². The molecular formula is C10H6F2N4. The predicted octanol–water partition coefficient (Wildman–Crippen LogP) is 1.60. The molecule has 0 unspecified atom stereocenters. The van der Waals surface area contributed by atoms with Gasteiger partial charge in [0.05, 0.1) is 0 Å². The van der Waals surface area contributed by atoms with E-state index in [2.05, 4.69) is 5.10 Å². The largest absolute Gasteiger partial charge is 0.384 e. The number of para-hydroxylation sites is 1. The molecule has 1 aromatic heterocycles. The van der Waals surface area contributed by atoms with Gasteiger partial charge in [-0.15, -0.1) is 0 Å². The Morgan fingerprint density at radius 2 is 1.94 bits per heavy atom. The Hall–Kier alpha value is -2.42. The van der Waals surface area contributed by atoms with Gasteiger partial charge in [0.1, 0.15) is 17.6 Å². The van der Waals surface area contributed by atoms with Crippen LogP contribution in [0.1, 0.15) is 5.69 Å². The Kier molecular flexibility index (Phi) is 2.29. The zero-order valence-electron chi connectivity index (χ0n) is 7.98. The third-order valence-corrected chi connectivity index (χ3v) is 2.00. The Bertz CT molecular complexity index is 563. The summed E-state index contributed by atoms with van der Waals surface area (Å²) in [6.45, 7) is 0. The summed E-state index contributed by atoms with van der Waals surface area (Å²) in [5.74, 6) is -1.58. The van der Waals surface area contributed by atoms with Gasteiger partial charge in [-0.05, 0) is 12.1 Å². The van der Waals surface area contributed by atoms with Crippen molar-refractivity contribution < 1.29 is 8.78 Å². The van der Waals surface area contributed by atoms with Crippen molar-refractivity contribution in [3.8, 4) is 11.8 Å².